The fourth-order valence-corrected chi connectivity index (χ4v) is 1.28. The van der Waals surface area contributed by atoms with Crippen LogP contribution in [0.4, 0.5) is 4.39 Å². The van der Waals surface area contributed by atoms with Crippen LogP contribution in [0.1, 0.15) is 31.7 Å². The molecule has 1 nitrogen and oxygen atoms in total. The molecule has 0 aliphatic heterocycles. The van der Waals surface area contributed by atoms with Gasteiger partial charge < -0.3 is 4.74 Å². The van der Waals surface area contributed by atoms with Crippen LogP contribution in [0.2, 0.25) is 0 Å². The van der Waals surface area contributed by atoms with Gasteiger partial charge in [-0.1, -0.05) is 26.0 Å². The van der Waals surface area contributed by atoms with Crippen molar-refractivity contribution in [3.8, 4) is 5.75 Å². The second kappa shape index (κ2) is 5.63. The lowest BCUT2D eigenvalue weighted by atomic mass is 9.99. The minimum absolute atomic E-state index is 0.142. The van der Waals surface area contributed by atoms with Crippen molar-refractivity contribution < 1.29 is 9.13 Å². The summed E-state index contributed by atoms with van der Waals surface area (Å²) in [6.45, 7) is 4.06. The number of alkyl halides is 1. The molecule has 0 bridgehead atoms. The van der Waals surface area contributed by atoms with Crippen molar-refractivity contribution in [1.82, 2.24) is 0 Å². The molecule has 0 aliphatic rings. The van der Waals surface area contributed by atoms with E-state index in [2.05, 4.69) is 13.8 Å². The Balaban J connectivity index is 2.59. The maximum Gasteiger partial charge on any atom is 0.123 e. The molecular formula is C12H17FO. The average molecular weight is 196 g/mol. The van der Waals surface area contributed by atoms with Gasteiger partial charge in [0.1, 0.15) is 19.0 Å². The maximum atomic E-state index is 11.8. The molecule has 0 heterocycles. The van der Waals surface area contributed by atoms with E-state index in [1.807, 2.05) is 24.3 Å². The van der Waals surface area contributed by atoms with Crippen LogP contribution in [-0.2, 0) is 0 Å². The lowest BCUT2D eigenvalue weighted by Crippen LogP contribution is -1.99. The van der Waals surface area contributed by atoms with E-state index in [0.717, 1.165) is 12.2 Å². The third kappa shape index (κ3) is 3.02. The molecule has 1 unspecified atom stereocenters. The average Bonchev–Trinajstić information content (AvgIpc) is 2.26. The Labute approximate surface area is 84.9 Å². The summed E-state index contributed by atoms with van der Waals surface area (Å²) in [6, 6.07) is 7.89. The first kappa shape index (κ1) is 11.0. The molecule has 0 saturated heterocycles. The number of hydrogen-bond acceptors (Lipinski definition) is 1. The highest BCUT2D eigenvalue weighted by Crippen LogP contribution is 2.21. The van der Waals surface area contributed by atoms with E-state index in [4.69, 9.17) is 4.74 Å². The van der Waals surface area contributed by atoms with E-state index >= 15 is 0 Å². The zero-order chi connectivity index (χ0) is 10.4. The number of halogens is 1. The zero-order valence-corrected chi connectivity index (χ0v) is 8.79. The normalized spacial score (nSPS) is 12.5. The Bertz CT molecular complexity index is 256. The van der Waals surface area contributed by atoms with Gasteiger partial charge in [0.15, 0.2) is 0 Å². The number of hydrogen-bond donors (Lipinski definition) is 0. The monoisotopic (exact) mass is 196 g/mol. The van der Waals surface area contributed by atoms with Crippen LogP contribution in [0.15, 0.2) is 24.3 Å². The SMILES string of the molecule is CCC(C)c1ccc(OCCF)cc1. The van der Waals surface area contributed by atoms with Crippen molar-refractivity contribution >= 4 is 0 Å². The third-order valence-electron chi connectivity index (χ3n) is 2.41. The first-order valence-electron chi connectivity index (χ1n) is 5.06. The van der Waals surface area contributed by atoms with Gasteiger partial charge in [0.2, 0.25) is 0 Å². The highest BCUT2D eigenvalue weighted by atomic mass is 19.1. The molecule has 0 radical (unpaired) electrons. The summed E-state index contributed by atoms with van der Waals surface area (Å²) in [7, 11) is 0. The van der Waals surface area contributed by atoms with E-state index in [1.54, 1.807) is 0 Å². The van der Waals surface area contributed by atoms with Gasteiger partial charge in [0.05, 0.1) is 0 Å². The quantitative estimate of drug-likeness (QED) is 0.699. The summed E-state index contributed by atoms with van der Waals surface area (Å²) < 4.78 is 17.0. The molecule has 1 aromatic carbocycles. The smallest absolute Gasteiger partial charge is 0.123 e. The molecule has 2 heteroatoms. The number of rotatable bonds is 5. The highest BCUT2D eigenvalue weighted by Gasteiger charge is 2.02. The highest BCUT2D eigenvalue weighted by molar-refractivity contribution is 5.29. The Kier molecular flexibility index (Phi) is 4.44. The molecule has 0 spiro atoms. The van der Waals surface area contributed by atoms with Gasteiger partial charge >= 0.3 is 0 Å². The molecular weight excluding hydrogens is 179 g/mol. The van der Waals surface area contributed by atoms with Crippen molar-refractivity contribution in [3.05, 3.63) is 29.8 Å². The van der Waals surface area contributed by atoms with Gasteiger partial charge in [0, 0.05) is 0 Å². The lowest BCUT2D eigenvalue weighted by Gasteiger charge is -2.09. The zero-order valence-electron chi connectivity index (χ0n) is 8.79. The van der Waals surface area contributed by atoms with Crippen LogP contribution >= 0.6 is 0 Å². The first-order valence-corrected chi connectivity index (χ1v) is 5.06. The van der Waals surface area contributed by atoms with E-state index in [0.29, 0.717) is 5.92 Å². The Morgan fingerprint density at radius 2 is 1.93 bits per heavy atom. The summed E-state index contributed by atoms with van der Waals surface area (Å²) in [5, 5.41) is 0. The van der Waals surface area contributed by atoms with Crippen LogP contribution in [0.3, 0.4) is 0 Å². The molecule has 1 rings (SSSR count). The minimum atomic E-state index is -0.437. The van der Waals surface area contributed by atoms with Crippen molar-refractivity contribution in [2.45, 2.75) is 26.2 Å². The van der Waals surface area contributed by atoms with Gasteiger partial charge in [-0.2, -0.15) is 0 Å². The van der Waals surface area contributed by atoms with Gasteiger partial charge in [-0.25, -0.2) is 4.39 Å². The standard InChI is InChI=1S/C12H17FO/c1-3-10(2)11-4-6-12(7-5-11)14-9-8-13/h4-7,10H,3,8-9H2,1-2H3. The molecule has 1 aromatic rings. The van der Waals surface area contributed by atoms with E-state index < -0.39 is 6.67 Å². The number of benzene rings is 1. The topological polar surface area (TPSA) is 9.23 Å². The largest absolute Gasteiger partial charge is 0.491 e. The molecule has 78 valence electrons. The Morgan fingerprint density at radius 1 is 1.29 bits per heavy atom. The fraction of sp³-hybridized carbons (Fsp3) is 0.500. The van der Waals surface area contributed by atoms with Gasteiger partial charge in [0.25, 0.3) is 0 Å². The summed E-state index contributed by atoms with van der Waals surface area (Å²) in [5.41, 5.74) is 1.31. The second-order valence-electron chi connectivity index (χ2n) is 3.42. The van der Waals surface area contributed by atoms with Crippen molar-refractivity contribution in [1.29, 1.82) is 0 Å². The van der Waals surface area contributed by atoms with Crippen molar-refractivity contribution in [2.24, 2.45) is 0 Å². The van der Waals surface area contributed by atoms with Crippen LogP contribution < -0.4 is 4.74 Å². The van der Waals surface area contributed by atoms with Crippen LogP contribution in [0, 0.1) is 0 Å². The fourth-order valence-electron chi connectivity index (χ4n) is 1.28. The molecule has 0 aromatic heterocycles. The molecule has 0 aliphatic carbocycles. The van der Waals surface area contributed by atoms with E-state index in [-0.39, 0.29) is 6.61 Å². The Hall–Kier alpha value is -1.05. The molecule has 0 amide bonds. The van der Waals surface area contributed by atoms with Crippen molar-refractivity contribution in [2.75, 3.05) is 13.3 Å². The van der Waals surface area contributed by atoms with E-state index in [9.17, 15) is 4.39 Å². The Morgan fingerprint density at radius 3 is 2.43 bits per heavy atom. The summed E-state index contributed by atoms with van der Waals surface area (Å²) in [6.07, 6.45) is 1.13. The van der Waals surface area contributed by atoms with Crippen LogP contribution in [-0.4, -0.2) is 13.3 Å². The molecule has 0 fully saturated rings. The second-order valence-corrected chi connectivity index (χ2v) is 3.42. The summed E-state index contributed by atoms with van der Waals surface area (Å²) >= 11 is 0. The molecule has 14 heavy (non-hydrogen) atoms. The van der Waals surface area contributed by atoms with Gasteiger partial charge in [-0.15, -0.1) is 0 Å². The predicted molar refractivity (Wildman–Crippen MR) is 56.6 cm³/mol. The lowest BCUT2D eigenvalue weighted by molar-refractivity contribution is 0.273. The molecule has 0 saturated carbocycles. The van der Waals surface area contributed by atoms with Crippen molar-refractivity contribution in [3.63, 3.8) is 0 Å². The number of ether oxygens (including phenoxy) is 1. The molecule has 0 N–H and O–H groups in total. The van der Waals surface area contributed by atoms with Gasteiger partial charge in [-0.05, 0) is 30.0 Å². The van der Waals surface area contributed by atoms with Crippen LogP contribution in [0.5, 0.6) is 5.75 Å². The molecule has 1 atom stereocenters. The minimum Gasteiger partial charge on any atom is -0.491 e. The summed E-state index contributed by atoms with van der Waals surface area (Å²) in [5.74, 6) is 1.32. The predicted octanol–water partition coefficient (Wildman–Crippen LogP) is 3.55. The van der Waals surface area contributed by atoms with Crippen LogP contribution in [0.25, 0.3) is 0 Å². The first-order chi connectivity index (χ1) is 6.77. The van der Waals surface area contributed by atoms with E-state index in [1.165, 1.54) is 5.56 Å². The summed E-state index contributed by atoms with van der Waals surface area (Å²) in [4.78, 5) is 0. The van der Waals surface area contributed by atoms with Gasteiger partial charge in [-0.3, -0.25) is 0 Å². The maximum absolute atomic E-state index is 11.8. The third-order valence-corrected chi connectivity index (χ3v) is 2.41.